The summed E-state index contributed by atoms with van der Waals surface area (Å²) in [6.07, 6.45) is 6.06. The first-order valence-corrected chi connectivity index (χ1v) is 10.2. The molecule has 5 rings (SSSR count). The average Bonchev–Trinajstić information content (AvgIpc) is 3.46. The Morgan fingerprint density at radius 2 is 1.81 bits per heavy atom. The van der Waals surface area contributed by atoms with Gasteiger partial charge in [0, 0.05) is 17.2 Å². The van der Waals surface area contributed by atoms with Crippen LogP contribution in [0.5, 0.6) is 5.75 Å². The molecular weight excluding hydrogens is 417 g/mol. The normalized spacial score (nSPS) is 25.7. The number of ether oxygens (including phenoxy) is 1. The minimum atomic E-state index is -0.617. The molecule has 2 aliphatic carbocycles. The van der Waals surface area contributed by atoms with Crippen LogP contribution in [0.1, 0.15) is 17.5 Å². The molecule has 1 saturated heterocycles. The summed E-state index contributed by atoms with van der Waals surface area (Å²) in [4.78, 5) is 36.3. The fourth-order valence-corrected chi connectivity index (χ4v) is 4.78. The summed E-state index contributed by atoms with van der Waals surface area (Å²) in [5, 5.41) is 16.4. The number of nitro benzene ring substituents is 1. The second-order valence-electron chi connectivity index (χ2n) is 8.10. The lowest BCUT2D eigenvalue weighted by Gasteiger charge is -2.13. The number of nitrogens with zero attached hydrogens (tertiary/aromatic N) is 3. The van der Waals surface area contributed by atoms with E-state index in [9.17, 15) is 24.1 Å². The van der Waals surface area contributed by atoms with Gasteiger partial charge < -0.3 is 4.74 Å². The number of hydrogen-bond acceptors (Lipinski definition) is 6. The van der Waals surface area contributed by atoms with Crippen LogP contribution in [0.3, 0.4) is 0 Å². The number of hydrazone groups is 1. The smallest absolute Gasteiger partial charge is 0.311 e. The highest BCUT2D eigenvalue weighted by atomic mass is 19.1. The van der Waals surface area contributed by atoms with Gasteiger partial charge in [0.1, 0.15) is 12.4 Å². The van der Waals surface area contributed by atoms with Gasteiger partial charge in [0.15, 0.2) is 5.75 Å². The molecule has 1 heterocycles. The van der Waals surface area contributed by atoms with E-state index >= 15 is 0 Å². The number of carbonyl (C=O) groups is 2. The number of nitro groups is 1. The average molecular weight is 435 g/mol. The van der Waals surface area contributed by atoms with Gasteiger partial charge in [-0.25, -0.2) is 4.39 Å². The number of benzene rings is 2. The number of allylic oxidation sites excluding steroid dienone is 2. The van der Waals surface area contributed by atoms with Crippen molar-refractivity contribution in [1.29, 1.82) is 0 Å². The lowest BCUT2D eigenvalue weighted by Crippen LogP contribution is -2.28. The van der Waals surface area contributed by atoms with Crippen LogP contribution in [0, 0.1) is 39.6 Å². The van der Waals surface area contributed by atoms with Crippen molar-refractivity contribution in [3.8, 4) is 5.75 Å². The van der Waals surface area contributed by atoms with Crippen molar-refractivity contribution in [1.82, 2.24) is 5.01 Å². The Morgan fingerprint density at radius 3 is 2.47 bits per heavy atom. The summed E-state index contributed by atoms with van der Waals surface area (Å²) in [5.74, 6) is -1.72. The highest BCUT2D eigenvalue weighted by Crippen LogP contribution is 2.52. The van der Waals surface area contributed by atoms with Crippen LogP contribution in [-0.2, 0) is 16.2 Å². The Morgan fingerprint density at radius 1 is 1.12 bits per heavy atom. The van der Waals surface area contributed by atoms with Crippen molar-refractivity contribution in [2.75, 3.05) is 0 Å². The molecular formula is C23H18FN3O5. The van der Waals surface area contributed by atoms with Gasteiger partial charge >= 0.3 is 5.69 Å². The second-order valence-corrected chi connectivity index (χ2v) is 8.10. The summed E-state index contributed by atoms with van der Waals surface area (Å²) < 4.78 is 19.2. The van der Waals surface area contributed by atoms with Gasteiger partial charge in [-0.3, -0.25) is 19.7 Å². The van der Waals surface area contributed by atoms with Crippen LogP contribution >= 0.6 is 0 Å². The van der Waals surface area contributed by atoms with E-state index in [-0.39, 0.29) is 59.1 Å². The molecule has 0 N–H and O–H groups in total. The van der Waals surface area contributed by atoms with Gasteiger partial charge in [0.25, 0.3) is 11.8 Å². The maximum absolute atomic E-state index is 13.8. The highest BCUT2D eigenvalue weighted by Gasteiger charge is 2.59. The molecule has 2 fully saturated rings. The molecule has 0 aromatic heterocycles. The van der Waals surface area contributed by atoms with Gasteiger partial charge in [0.2, 0.25) is 0 Å². The summed E-state index contributed by atoms with van der Waals surface area (Å²) in [6.45, 7) is -0.170. The Hall–Kier alpha value is -3.88. The van der Waals surface area contributed by atoms with Crippen molar-refractivity contribution in [2.24, 2.45) is 28.8 Å². The molecule has 162 valence electrons. The summed E-state index contributed by atoms with van der Waals surface area (Å²) >= 11 is 0. The molecule has 0 spiro atoms. The summed E-state index contributed by atoms with van der Waals surface area (Å²) in [5.41, 5.74) is 0.268. The zero-order valence-electron chi connectivity index (χ0n) is 16.8. The molecule has 3 aliphatic rings. The third kappa shape index (κ3) is 3.26. The van der Waals surface area contributed by atoms with Gasteiger partial charge in [-0.05, 0) is 36.5 Å². The van der Waals surface area contributed by atoms with E-state index in [0.29, 0.717) is 5.56 Å². The van der Waals surface area contributed by atoms with E-state index in [0.717, 1.165) is 11.4 Å². The molecule has 2 bridgehead atoms. The van der Waals surface area contributed by atoms with Crippen LogP contribution in [0.15, 0.2) is 59.7 Å². The molecule has 9 heteroatoms. The standard InChI is InChI=1S/C23H18FN3O5/c24-17-4-2-1-3-16(17)12-32-19-8-5-13(9-18(19)27(30)31)11-25-26-22(28)20-14-6-7-15(10-14)21(20)23(26)29/h1-9,11,14-15,20-21H,10,12H2/t14-,15-,20-,21+/m0/s1. The predicted octanol–water partition coefficient (Wildman–Crippen LogP) is 3.45. The molecule has 1 aliphatic heterocycles. The maximum atomic E-state index is 13.8. The number of hydrogen-bond donors (Lipinski definition) is 0. The topological polar surface area (TPSA) is 102 Å². The fraction of sp³-hybridized carbons (Fsp3) is 0.261. The van der Waals surface area contributed by atoms with Crippen molar-refractivity contribution in [2.45, 2.75) is 13.0 Å². The number of halogens is 1. The van der Waals surface area contributed by atoms with Gasteiger partial charge in [-0.2, -0.15) is 10.1 Å². The fourth-order valence-electron chi connectivity index (χ4n) is 4.78. The van der Waals surface area contributed by atoms with Crippen molar-refractivity contribution in [3.63, 3.8) is 0 Å². The first-order valence-electron chi connectivity index (χ1n) is 10.2. The third-order valence-corrected chi connectivity index (χ3v) is 6.29. The van der Waals surface area contributed by atoms with Crippen LogP contribution in [0.4, 0.5) is 10.1 Å². The molecule has 8 nitrogen and oxygen atoms in total. The molecule has 2 amide bonds. The van der Waals surface area contributed by atoms with E-state index < -0.39 is 10.7 Å². The Labute approximate surface area is 182 Å². The number of fused-ring (bicyclic) bond motifs is 5. The summed E-state index contributed by atoms with van der Waals surface area (Å²) in [6, 6.07) is 10.1. The van der Waals surface area contributed by atoms with Gasteiger partial charge in [-0.15, -0.1) is 0 Å². The van der Waals surface area contributed by atoms with E-state index in [1.54, 1.807) is 12.1 Å². The SMILES string of the molecule is O=C1[C@@H]2[C@H](C(=O)N1N=Cc1ccc(OCc3ccccc3F)c([N+](=O)[O-])c1)[C@H]1C=C[C@H]2C1. The van der Waals surface area contributed by atoms with Crippen LogP contribution < -0.4 is 4.74 Å². The van der Waals surface area contributed by atoms with E-state index in [1.807, 2.05) is 12.2 Å². The Bertz CT molecular complexity index is 1160. The van der Waals surface area contributed by atoms with Crippen LogP contribution in [0.2, 0.25) is 0 Å². The highest BCUT2D eigenvalue weighted by molar-refractivity contribution is 6.06. The van der Waals surface area contributed by atoms with E-state index in [2.05, 4.69) is 5.10 Å². The Balaban J connectivity index is 1.33. The number of amides is 2. The van der Waals surface area contributed by atoms with Crippen LogP contribution in [-0.4, -0.2) is 28.0 Å². The largest absolute Gasteiger partial charge is 0.482 e. The predicted molar refractivity (Wildman–Crippen MR) is 111 cm³/mol. The second kappa shape index (κ2) is 7.67. The molecule has 32 heavy (non-hydrogen) atoms. The molecule has 0 unspecified atom stereocenters. The van der Waals surface area contributed by atoms with E-state index in [1.165, 1.54) is 36.5 Å². The van der Waals surface area contributed by atoms with Crippen molar-refractivity contribution in [3.05, 3.63) is 81.7 Å². The lowest BCUT2D eigenvalue weighted by molar-refractivity contribution is -0.386. The Kier molecular flexibility index (Phi) is 4.80. The third-order valence-electron chi connectivity index (χ3n) is 6.29. The zero-order chi connectivity index (χ0) is 22.4. The maximum Gasteiger partial charge on any atom is 0.311 e. The monoisotopic (exact) mass is 435 g/mol. The molecule has 2 aromatic carbocycles. The number of carbonyl (C=O) groups excluding carboxylic acids is 2. The first kappa shape index (κ1) is 20.0. The minimum absolute atomic E-state index is 0.0269. The van der Waals surface area contributed by atoms with Crippen LogP contribution in [0.25, 0.3) is 0 Å². The van der Waals surface area contributed by atoms with Crippen molar-refractivity contribution >= 4 is 23.7 Å². The number of rotatable bonds is 6. The minimum Gasteiger partial charge on any atom is -0.482 e. The van der Waals surface area contributed by atoms with E-state index in [4.69, 9.17) is 4.74 Å². The van der Waals surface area contributed by atoms with Gasteiger partial charge in [0.05, 0.1) is 23.0 Å². The van der Waals surface area contributed by atoms with Gasteiger partial charge in [-0.1, -0.05) is 30.4 Å². The number of imide groups is 1. The molecule has 1 saturated carbocycles. The molecule has 4 atom stereocenters. The van der Waals surface area contributed by atoms with Crippen molar-refractivity contribution < 1.29 is 23.6 Å². The molecule has 0 radical (unpaired) electrons. The lowest BCUT2D eigenvalue weighted by atomic mass is 9.85. The molecule has 2 aromatic rings. The summed E-state index contributed by atoms with van der Waals surface area (Å²) in [7, 11) is 0. The quantitative estimate of drug-likeness (QED) is 0.227. The zero-order valence-corrected chi connectivity index (χ0v) is 16.8. The first-order chi connectivity index (χ1) is 15.4.